The van der Waals surface area contributed by atoms with Crippen molar-refractivity contribution in [3.63, 3.8) is 0 Å². The summed E-state index contributed by atoms with van der Waals surface area (Å²) in [4.78, 5) is 24.7. The zero-order valence-corrected chi connectivity index (χ0v) is 16.4. The minimum atomic E-state index is -0.601. The number of carbonyl (C=O) groups excluding carboxylic acids is 1. The SMILES string of the molecule is Nc1ccccc1-c1ccc(Cl)cc1NC(=O)Cc1cc(=O)oc2cc(O)ccc12. The lowest BCUT2D eigenvalue weighted by Crippen LogP contribution is -2.16. The number of phenolic OH excluding ortho intramolecular Hbond substituents is 1. The summed E-state index contributed by atoms with van der Waals surface area (Å²) in [5.74, 6) is -0.371. The van der Waals surface area contributed by atoms with Crippen LogP contribution in [-0.2, 0) is 11.2 Å². The Labute approximate surface area is 176 Å². The summed E-state index contributed by atoms with van der Waals surface area (Å²) >= 11 is 6.14. The molecule has 0 atom stereocenters. The number of carbonyl (C=O) groups is 1. The standard InChI is InChI=1S/C23H17ClN2O4/c24-14-5-7-18(17-3-1-2-4-19(17)25)20(11-14)26-22(28)9-13-10-23(29)30-21-12-15(27)6-8-16(13)21/h1-8,10-12,27H,9,25H2,(H,26,28). The fourth-order valence-corrected chi connectivity index (χ4v) is 3.50. The van der Waals surface area contributed by atoms with E-state index < -0.39 is 5.63 Å². The summed E-state index contributed by atoms with van der Waals surface area (Å²) in [6.07, 6.45) is -0.0664. The molecule has 0 aliphatic heterocycles. The molecule has 1 aromatic heterocycles. The van der Waals surface area contributed by atoms with Gasteiger partial charge >= 0.3 is 5.63 Å². The van der Waals surface area contributed by atoms with Crippen LogP contribution in [0.25, 0.3) is 22.1 Å². The molecule has 4 aromatic rings. The second-order valence-corrected chi connectivity index (χ2v) is 7.21. The molecule has 4 N–H and O–H groups in total. The lowest BCUT2D eigenvalue weighted by atomic mass is 10.0. The Morgan fingerprint density at radius 3 is 2.63 bits per heavy atom. The van der Waals surface area contributed by atoms with E-state index in [0.29, 0.717) is 27.3 Å². The van der Waals surface area contributed by atoms with E-state index >= 15 is 0 Å². The van der Waals surface area contributed by atoms with Gasteiger partial charge in [0.05, 0.1) is 12.1 Å². The Hall–Kier alpha value is -3.77. The molecule has 0 radical (unpaired) electrons. The van der Waals surface area contributed by atoms with E-state index in [1.807, 2.05) is 18.2 Å². The van der Waals surface area contributed by atoms with Crippen molar-refractivity contribution in [2.24, 2.45) is 0 Å². The van der Waals surface area contributed by atoms with Gasteiger partial charge in [-0.1, -0.05) is 35.9 Å². The highest BCUT2D eigenvalue weighted by molar-refractivity contribution is 6.31. The van der Waals surface area contributed by atoms with Crippen molar-refractivity contribution in [2.45, 2.75) is 6.42 Å². The van der Waals surface area contributed by atoms with E-state index in [9.17, 15) is 14.7 Å². The molecule has 30 heavy (non-hydrogen) atoms. The number of nitrogens with two attached hydrogens (primary N) is 1. The van der Waals surface area contributed by atoms with Crippen LogP contribution < -0.4 is 16.7 Å². The Bertz CT molecular complexity index is 1330. The summed E-state index contributed by atoms with van der Waals surface area (Å²) in [5.41, 5.74) is 8.77. The molecule has 7 heteroatoms. The van der Waals surface area contributed by atoms with Gasteiger partial charge in [-0.3, -0.25) is 4.79 Å². The van der Waals surface area contributed by atoms with Crippen molar-refractivity contribution in [2.75, 3.05) is 11.1 Å². The molecule has 0 saturated carbocycles. The van der Waals surface area contributed by atoms with Gasteiger partial charge in [-0.05, 0) is 35.9 Å². The van der Waals surface area contributed by atoms with Crippen molar-refractivity contribution in [1.82, 2.24) is 0 Å². The van der Waals surface area contributed by atoms with Crippen LogP contribution >= 0.6 is 11.6 Å². The van der Waals surface area contributed by atoms with Crippen molar-refractivity contribution < 1.29 is 14.3 Å². The van der Waals surface area contributed by atoms with Gasteiger partial charge in [0.1, 0.15) is 11.3 Å². The fourth-order valence-electron chi connectivity index (χ4n) is 3.33. The van der Waals surface area contributed by atoms with Crippen molar-refractivity contribution in [3.8, 4) is 16.9 Å². The maximum Gasteiger partial charge on any atom is 0.336 e. The van der Waals surface area contributed by atoms with Crippen LogP contribution in [0.4, 0.5) is 11.4 Å². The van der Waals surface area contributed by atoms with Gasteiger partial charge in [-0.15, -0.1) is 0 Å². The van der Waals surface area contributed by atoms with E-state index in [1.54, 1.807) is 30.3 Å². The number of benzene rings is 3. The third-order valence-electron chi connectivity index (χ3n) is 4.67. The molecule has 1 heterocycles. The second kappa shape index (κ2) is 7.93. The van der Waals surface area contributed by atoms with Gasteiger partial charge in [0.15, 0.2) is 0 Å². The first kappa shape index (κ1) is 19.5. The fraction of sp³-hybridized carbons (Fsp3) is 0.0435. The average Bonchev–Trinajstić information content (AvgIpc) is 2.68. The minimum Gasteiger partial charge on any atom is -0.508 e. The number of anilines is 2. The molecule has 0 unspecified atom stereocenters. The number of hydrogen-bond donors (Lipinski definition) is 3. The van der Waals surface area contributed by atoms with E-state index in [1.165, 1.54) is 18.2 Å². The van der Waals surface area contributed by atoms with Gasteiger partial charge < -0.3 is 20.6 Å². The quantitative estimate of drug-likeness (QED) is 0.331. The zero-order chi connectivity index (χ0) is 21.3. The Kier molecular flexibility index (Phi) is 5.16. The summed E-state index contributed by atoms with van der Waals surface area (Å²) in [6.45, 7) is 0. The Morgan fingerprint density at radius 1 is 1.03 bits per heavy atom. The number of halogens is 1. The maximum atomic E-state index is 12.8. The van der Waals surface area contributed by atoms with E-state index in [0.717, 1.165) is 11.1 Å². The second-order valence-electron chi connectivity index (χ2n) is 6.77. The number of fused-ring (bicyclic) bond motifs is 1. The molecule has 6 nitrogen and oxygen atoms in total. The predicted molar refractivity (Wildman–Crippen MR) is 118 cm³/mol. The molecule has 0 aliphatic carbocycles. The van der Waals surface area contributed by atoms with Gasteiger partial charge in [-0.2, -0.15) is 0 Å². The number of nitrogens with one attached hydrogen (secondary N) is 1. The maximum absolute atomic E-state index is 12.8. The molecule has 150 valence electrons. The summed E-state index contributed by atoms with van der Waals surface area (Å²) in [5, 5.41) is 13.5. The predicted octanol–water partition coefficient (Wildman–Crippen LogP) is 4.58. The molecule has 0 fully saturated rings. The molecule has 1 amide bonds. The molecule has 0 aliphatic rings. The van der Waals surface area contributed by atoms with Crippen LogP contribution in [0.1, 0.15) is 5.56 Å². The monoisotopic (exact) mass is 420 g/mol. The first-order valence-electron chi connectivity index (χ1n) is 9.11. The van der Waals surface area contributed by atoms with E-state index in [-0.39, 0.29) is 23.7 Å². The van der Waals surface area contributed by atoms with Crippen LogP contribution in [-0.4, -0.2) is 11.0 Å². The van der Waals surface area contributed by atoms with Crippen molar-refractivity contribution in [1.29, 1.82) is 0 Å². The molecule has 0 saturated heterocycles. The molecule has 3 aromatic carbocycles. The van der Waals surface area contributed by atoms with Crippen molar-refractivity contribution >= 4 is 39.9 Å². The summed E-state index contributed by atoms with van der Waals surface area (Å²) in [6, 6.07) is 18.2. The number of phenols is 1. The third-order valence-corrected chi connectivity index (χ3v) is 4.91. The lowest BCUT2D eigenvalue weighted by Gasteiger charge is -2.14. The summed E-state index contributed by atoms with van der Waals surface area (Å²) in [7, 11) is 0. The summed E-state index contributed by atoms with van der Waals surface area (Å²) < 4.78 is 5.11. The highest BCUT2D eigenvalue weighted by Crippen LogP contribution is 2.34. The van der Waals surface area contributed by atoms with Crippen LogP contribution in [0, 0.1) is 0 Å². The van der Waals surface area contributed by atoms with Crippen LogP contribution in [0.3, 0.4) is 0 Å². The van der Waals surface area contributed by atoms with Crippen LogP contribution in [0.2, 0.25) is 5.02 Å². The first-order valence-corrected chi connectivity index (χ1v) is 9.48. The molecule has 0 bridgehead atoms. The number of aromatic hydroxyl groups is 1. The van der Waals surface area contributed by atoms with Gasteiger partial charge in [0, 0.05) is 39.4 Å². The number of hydrogen-bond acceptors (Lipinski definition) is 5. The largest absolute Gasteiger partial charge is 0.508 e. The van der Waals surface area contributed by atoms with Crippen LogP contribution in [0.15, 0.2) is 75.9 Å². The van der Waals surface area contributed by atoms with Gasteiger partial charge in [0.2, 0.25) is 5.91 Å². The first-order chi connectivity index (χ1) is 14.4. The van der Waals surface area contributed by atoms with Crippen molar-refractivity contribution in [3.05, 3.63) is 87.7 Å². The molecular formula is C23H17ClN2O4. The van der Waals surface area contributed by atoms with E-state index in [2.05, 4.69) is 5.32 Å². The average molecular weight is 421 g/mol. The molecule has 0 spiro atoms. The third kappa shape index (κ3) is 3.99. The normalized spacial score (nSPS) is 10.8. The number of amides is 1. The molecular weight excluding hydrogens is 404 g/mol. The highest BCUT2D eigenvalue weighted by atomic mass is 35.5. The van der Waals surface area contributed by atoms with Gasteiger partial charge in [-0.25, -0.2) is 4.79 Å². The number of rotatable bonds is 4. The number of para-hydroxylation sites is 1. The minimum absolute atomic E-state index is 0.0312. The lowest BCUT2D eigenvalue weighted by molar-refractivity contribution is -0.115. The zero-order valence-electron chi connectivity index (χ0n) is 15.7. The molecule has 4 rings (SSSR count). The van der Waals surface area contributed by atoms with E-state index in [4.69, 9.17) is 21.8 Å². The topological polar surface area (TPSA) is 106 Å². The smallest absolute Gasteiger partial charge is 0.336 e. The number of nitrogen functional groups attached to an aromatic ring is 1. The Morgan fingerprint density at radius 2 is 1.83 bits per heavy atom. The Balaban J connectivity index is 1.68. The van der Waals surface area contributed by atoms with Gasteiger partial charge in [0.25, 0.3) is 0 Å². The highest BCUT2D eigenvalue weighted by Gasteiger charge is 2.14. The van der Waals surface area contributed by atoms with Crippen LogP contribution in [0.5, 0.6) is 5.75 Å².